The van der Waals surface area contributed by atoms with Gasteiger partial charge in [-0.05, 0) is 42.9 Å². The number of piperidine rings is 1. The number of benzene rings is 1. The maximum absolute atomic E-state index is 13.5. The van der Waals surface area contributed by atoms with Crippen LogP contribution < -0.4 is 10.2 Å². The molecule has 2 aliphatic heterocycles. The van der Waals surface area contributed by atoms with Gasteiger partial charge in [-0.3, -0.25) is 10.0 Å². The number of nitrogens with one attached hydrogen (secondary N) is 1. The van der Waals surface area contributed by atoms with Gasteiger partial charge in [-0.15, -0.1) is 0 Å². The van der Waals surface area contributed by atoms with Gasteiger partial charge in [0.25, 0.3) is 5.91 Å². The van der Waals surface area contributed by atoms with E-state index in [0.717, 1.165) is 22.4 Å². The minimum Gasteiger partial charge on any atom is -0.475 e. The van der Waals surface area contributed by atoms with E-state index >= 15 is 0 Å². The fraction of sp³-hybridized carbons (Fsp3) is 0.538. The van der Waals surface area contributed by atoms with Crippen molar-refractivity contribution >= 4 is 15.9 Å². The van der Waals surface area contributed by atoms with Crippen molar-refractivity contribution in [3.63, 3.8) is 0 Å². The smallest absolute Gasteiger partial charge is 0.266 e. The molecule has 2 fully saturated rings. The molecule has 1 unspecified atom stereocenters. The van der Waals surface area contributed by atoms with E-state index < -0.39 is 26.8 Å². The molecule has 4 N–H and O–H groups in total. The molecule has 0 saturated carbocycles. The molecule has 1 amide bonds. The van der Waals surface area contributed by atoms with E-state index in [1.165, 1.54) is 4.31 Å². The third-order valence-electron chi connectivity index (χ3n) is 7.46. The zero-order valence-electron chi connectivity index (χ0n) is 21.4. The summed E-state index contributed by atoms with van der Waals surface area (Å²) in [7, 11) is -4.00. The van der Waals surface area contributed by atoms with Crippen molar-refractivity contribution in [2.45, 2.75) is 49.4 Å². The first-order valence-electron chi connectivity index (χ1n) is 12.7. The molecule has 208 valence electrons. The van der Waals surface area contributed by atoms with Crippen molar-refractivity contribution < 1.29 is 38.1 Å². The van der Waals surface area contributed by atoms with Gasteiger partial charge in [-0.25, -0.2) is 23.2 Å². The third-order valence-corrected chi connectivity index (χ3v) is 10.1. The topological polar surface area (TPSA) is 159 Å². The maximum Gasteiger partial charge on any atom is 0.266 e. The Morgan fingerprint density at radius 2 is 1.95 bits per heavy atom. The highest BCUT2D eigenvalue weighted by molar-refractivity contribution is 7.91. The Labute approximate surface area is 222 Å². The van der Waals surface area contributed by atoms with Crippen molar-refractivity contribution in [3.05, 3.63) is 47.5 Å². The summed E-state index contributed by atoms with van der Waals surface area (Å²) in [4.78, 5) is 17.0. The number of hydrogen-bond acceptors (Lipinski definition) is 9. The van der Waals surface area contributed by atoms with Crippen LogP contribution in [0.15, 0.2) is 36.4 Å². The molecule has 4 rings (SSSR count). The highest BCUT2D eigenvalue weighted by Crippen LogP contribution is 2.37. The third kappa shape index (κ3) is 5.70. The first kappa shape index (κ1) is 28.4. The van der Waals surface area contributed by atoms with E-state index in [1.807, 2.05) is 31.2 Å². The average molecular weight is 550 g/mol. The number of aliphatic hydroxyl groups excluding tert-OH is 2. The molecular formula is C26H35N3O8S. The average Bonchev–Trinajstić information content (AvgIpc) is 2.95. The number of nitrogens with zero attached hydrogens (tertiary/aromatic N) is 2. The maximum atomic E-state index is 13.5. The second kappa shape index (κ2) is 12.1. The number of aromatic nitrogens is 1. The number of amides is 1. The molecule has 1 atom stereocenters. The number of ether oxygens (including phenoxy) is 2. The van der Waals surface area contributed by atoms with Crippen molar-refractivity contribution in [1.82, 2.24) is 14.8 Å². The summed E-state index contributed by atoms with van der Waals surface area (Å²) < 4.78 is 37.5. The molecule has 2 saturated heterocycles. The predicted molar refractivity (Wildman–Crippen MR) is 138 cm³/mol. The Morgan fingerprint density at radius 1 is 1.24 bits per heavy atom. The molecule has 2 aliphatic rings. The van der Waals surface area contributed by atoms with Gasteiger partial charge in [0, 0.05) is 50.8 Å². The van der Waals surface area contributed by atoms with Crippen LogP contribution in [0.4, 0.5) is 0 Å². The van der Waals surface area contributed by atoms with Crippen LogP contribution in [-0.2, 0) is 19.6 Å². The molecule has 1 aromatic carbocycles. The number of pyridine rings is 1. The molecule has 0 aliphatic carbocycles. The summed E-state index contributed by atoms with van der Waals surface area (Å²) >= 11 is 0. The molecule has 2 aromatic rings. The fourth-order valence-corrected chi connectivity index (χ4v) is 7.34. The number of hydrogen-bond donors (Lipinski definition) is 4. The van der Waals surface area contributed by atoms with E-state index in [4.69, 9.17) is 14.6 Å². The van der Waals surface area contributed by atoms with Crippen LogP contribution in [0, 0.1) is 6.92 Å². The Balaban J connectivity index is 1.45. The van der Waals surface area contributed by atoms with Crippen LogP contribution in [0.2, 0.25) is 0 Å². The second-order valence-electron chi connectivity index (χ2n) is 9.81. The van der Waals surface area contributed by atoms with Crippen LogP contribution in [0.25, 0.3) is 11.3 Å². The van der Waals surface area contributed by atoms with Crippen LogP contribution in [0.1, 0.15) is 42.7 Å². The highest BCUT2D eigenvalue weighted by Gasteiger charge is 2.54. The van der Waals surface area contributed by atoms with E-state index in [9.17, 15) is 23.5 Å². The summed E-state index contributed by atoms with van der Waals surface area (Å²) in [6.07, 6.45) is 0.256. The lowest BCUT2D eigenvalue weighted by molar-refractivity contribution is -0.134. The van der Waals surface area contributed by atoms with Crippen LogP contribution in [0.3, 0.4) is 0 Å². The first-order valence-corrected chi connectivity index (χ1v) is 14.2. The largest absolute Gasteiger partial charge is 0.475 e. The summed E-state index contributed by atoms with van der Waals surface area (Å²) in [5, 5.41) is 27.7. The lowest BCUT2D eigenvalue weighted by Gasteiger charge is -2.40. The molecule has 0 spiro atoms. The number of rotatable bonds is 9. The number of hydroxylamine groups is 1. The Morgan fingerprint density at radius 3 is 2.58 bits per heavy atom. The van der Waals surface area contributed by atoms with Crippen LogP contribution in [0.5, 0.6) is 5.88 Å². The number of aryl methyl sites for hydroxylation is 1. The first-order chi connectivity index (χ1) is 18.2. The molecule has 38 heavy (non-hydrogen) atoms. The van der Waals surface area contributed by atoms with Gasteiger partial charge in [-0.2, -0.15) is 0 Å². The lowest BCUT2D eigenvalue weighted by atomic mass is 9.88. The SMILES string of the molecule is Cc1cc(C2CCN(S(=O)(=O)C3(C(=O)NO)CCOCC3)CC2)ccc1-c1cccc(OCC(O)CO)n1. The number of carbonyl (C=O) groups is 1. The van der Waals surface area contributed by atoms with E-state index in [2.05, 4.69) is 11.1 Å². The minimum absolute atomic E-state index is 0.00457. The Hall–Kier alpha value is -2.61. The van der Waals surface area contributed by atoms with E-state index in [-0.39, 0.29) is 58.3 Å². The molecule has 0 radical (unpaired) electrons. The molecule has 11 nitrogen and oxygen atoms in total. The standard InChI is InChI=1S/C26H35N3O8S/c1-18-15-20(5-6-22(18)23-3-2-4-24(27-23)37-17-21(31)16-30)19-7-11-29(12-8-19)38(34,35)26(25(32)28-33)9-13-36-14-10-26/h2-6,15,19,21,30-31,33H,7-14,16-17H2,1H3,(H,28,32). The summed E-state index contributed by atoms with van der Waals surface area (Å²) in [6.45, 7) is 2.40. The van der Waals surface area contributed by atoms with Gasteiger partial charge in [0.05, 0.1) is 12.3 Å². The molecule has 1 aromatic heterocycles. The van der Waals surface area contributed by atoms with Gasteiger partial charge < -0.3 is 19.7 Å². The van der Waals surface area contributed by atoms with Gasteiger partial charge in [-0.1, -0.05) is 24.3 Å². The highest BCUT2D eigenvalue weighted by atomic mass is 32.2. The monoisotopic (exact) mass is 549 g/mol. The predicted octanol–water partition coefficient (Wildman–Crippen LogP) is 1.35. The van der Waals surface area contributed by atoms with Gasteiger partial charge in [0.15, 0.2) is 4.75 Å². The van der Waals surface area contributed by atoms with E-state index in [0.29, 0.717) is 18.7 Å². The van der Waals surface area contributed by atoms with E-state index in [1.54, 1.807) is 11.5 Å². The summed E-state index contributed by atoms with van der Waals surface area (Å²) in [5.41, 5.74) is 5.33. The zero-order valence-corrected chi connectivity index (χ0v) is 22.2. The quantitative estimate of drug-likeness (QED) is 0.268. The van der Waals surface area contributed by atoms with Crippen molar-refractivity contribution in [2.24, 2.45) is 0 Å². The van der Waals surface area contributed by atoms with Gasteiger partial charge in [0.1, 0.15) is 12.7 Å². The fourth-order valence-electron chi connectivity index (χ4n) is 5.19. The second-order valence-corrected chi connectivity index (χ2v) is 12.1. The molecule has 3 heterocycles. The van der Waals surface area contributed by atoms with Crippen molar-refractivity contribution in [1.29, 1.82) is 0 Å². The summed E-state index contributed by atoms with van der Waals surface area (Å²) in [5.74, 6) is -0.389. The van der Waals surface area contributed by atoms with Crippen LogP contribution in [-0.4, -0.2) is 89.4 Å². The number of sulfonamides is 1. The lowest BCUT2D eigenvalue weighted by Crippen LogP contribution is -2.60. The zero-order chi connectivity index (χ0) is 27.3. The van der Waals surface area contributed by atoms with Crippen molar-refractivity contribution in [2.75, 3.05) is 39.5 Å². The number of carbonyl (C=O) groups excluding carboxylic acids is 1. The molecule has 0 bridgehead atoms. The molecule has 12 heteroatoms. The number of aliphatic hydroxyl groups is 2. The molecular weight excluding hydrogens is 514 g/mol. The Kier molecular flexibility index (Phi) is 9.01. The van der Waals surface area contributed by atoms with Gasteiger partial charge in [0.2, 0.25) is 15.9 Å². The summed E-state index contributed by atoms with van der Waals surface area (Å²) in [6, 6.07) is 11.5. The Bertz CT molecular complexity index is 1220. The van der Waals surface area contributed by atoms with Crippen LogP contribution >= 0.6 is 0 Å². The minimum atomic E-state index is -4.00. The normalized spacial score (nSPS) is 19.6. The van der Waals surface area contributed by atoms with Crippen molar-refractivity contribution in [3.8, 4) is 17.1 Å². The van der Waals surface area contributed by atoms with Gasteiger partial charge >= 0.3 is 0 Å².